The number of alkyl halides is 3. The molecule has 1 saturated heterocycles. The summed E-state index contributed by atoms with van der Waals surface area (Å²) in [6.07, 6.45) is -4.89. The standard InChI is InChI=1S/C17H16F3NO2.ClH/c1-11-2-4-12(5-3-11)13-6-7-15(22-14-9-21-10-14)16(8-13)23-17(18,19)20;/h2-8,14,21H,9-10H2,1H3;1H. The Hall–Kier alpha value is -1.92. The molecule has 0 amide bonds. The number of nitrogens with one attached hydrogen (secondary N) is 1. The highest BCUT2D eigenvalue weighted by Crippen LogP contribution is 2.37. The summed E-state index contributed by atoms with van der Waals surface area (Å²) in [5.74, 6) is -0.216. The van der Waals surface area contributed by atoms with E-state index in [0.29, 0.717) is 18.7 Å². The van der Waals surface area contributed by atoms with E-state index in [4.69, 9.17) is 4.74 Å². The molecule has 2 aromatic rings. The van der Waals surface area contributed by atoms with E-state index in [1.165, 1.54) is 12.1 Å². The van der Waals surface area contributed by atoms with Crippen molar-refractivity contribution in [3.63, 3.8) is 0 Å². The molecule has 24 heavy (non-hydrogen) atoms. The SMILES string of the molecule is Cc1ccc(-c2ccc(OC3CNC3)c(OC(F)(F)F)c2)cc1.Cl. The number of aryl methyl sites for hydroxylation is 1. The van der Waals surface area contributed by atoms with Crippen LogP contribution in [0.5, 0.6) is 11.5 Å². The van der Waals surface area contributed by atoms with Crippen molar-refractivity contribution in [1.82, 2.24) is 5.32 Å². The molecule has 1 aliphatic rings. The zero-order chi connectivity index (χ0) is 16.4. The maximum Gasteiger partial charge on any atom is 0.573 e. The van der Waals surface area contributed by atoms with Crippen LogP contribution in [0.2, 0.25) is 0 Å². The van der Waals surface area contributed by atoms with E-state index in [0.717, 1.165) is 11.1 Å². The monoisotopic (exact) mass is 359 g/mol. The summed E-state index contributed by atoms with van der Waals surface area (Å²) in [7, 11) is 0. The van der Waals surface area contributed by atoms with Gasteiger partial charge in [-0.05, 0) is 30.2 Å². The molecule has 0 radical (unpaired) electrons. The fourth-order valence-electron chi connectivity index (χ4n) is 2.26. The van der Waals surface area contributed by atoms with Crippen molar-refractivity contribution in [2.75, 3.05) is 13.1 Å². The third-order valence-electron chi connectivity index (χ3n) is 3.59. The van der Waals surface area contributed by atoms with Gasteiger partial charge in [0.05, 0.1) is 0 Å². The average Bonchev–Trinajstić information content (AvgIpc) is 2.43. The number of hydrogen-bond donors (Lipinski definition) is 1. The zero-order valence-corrected chi connectivity index (χ0v) is 13.7. The van der Waals surface area contributed by atoms with Crippen molar-refractivity contribution in [2.45, 2.75) is 19.4 Å². The van der Waals surface area contributed by atoms with Crippen LogP contribution in [0.3, 0.4) is 0 Å². The first-order valence-electron chi connectivity index (χ1n) is 7.25. The van der Waals surface area contributed by atoms with Crippen LogP contribution in [0, 0.1) is 6.92 Å². The minimum absolute atomic E-state index is 0. The Morgan fingerprint density at radius 1 is 0.958 bits per heavy atom. The molecule has 1 fully saturated rings. The lowest BCUT2D eigenvalue weighted by molar-refractivity contribution is -0.275. The highest BCUT2D eigenvalue weighted by molar-refractivity contribution is 5.85. The molecule has 0 spiro atoms. The lowest BCUT2D eigenvalue weighted by Gasteiger charge is -2.28. The summed E-state index contributed by atoms with van der Waals surface area (Å²) in [5.41, 5.74) is 2.54. The van der Waals surface area contributed by atoms with Gasteiger partial charge in [-0.1, -0.05) is 35.9 Å². The molecule has 7 heteroatoms. The first-order valence-corrected chi connectivity index (χ1v) is 7.25. The lowest BCUT2D eigenvalue weighted by atomic mass is 10.0. The molecule has 0 saturated carbocycles. The quantitative estimate of drug-likeness (QED) is 0.881. The van der Waals surface area contributed by atoms with Crippen LogP contribution in [0.25, 0.3) is 11.1 Å². The Morgan fingerprint density at radius 2 is 1.58 bits per heavy atom. The normalized spacial score (nSPS) is 14.5. The second kappa shape index (κ2) is 7.32. The van der Waals surface area contributed by atoms with Crippen LogP contribution in [0.4, 0.5) is 13.2 Å². The van der Waals surface area contributed by atoms with E-state index in [9.17, 15) is 13.2 Å². The molecule has 130 valence electrons. The van der Waals surface area contributed by atoms with Gasteiger partial charge < -0.3 is 14.8 Å². The minimum atomic E-state index is -4.76. The Kier molecular flexibility index (Phi) is 5.62. The van der Waals surface area contributed by atoms with E-state index in [1.807, 2.05) is 31.2 Å². The Balaban J connectivity index is 0.00000208. The topological polar surface area (TPSA) is 30.5 Å². The predicted octanol–water partition coefficient (Wildman–Crippen LogP) is 4.33. The Morgan fingerprint density at radius 3 is 2.12 bits per heavy atom. The first kappa shape index (κ1) is 18.4. The van der Waals surface area contributed by atoms with Gasteiger partial charge in [0.2, 0.25) is 0 Å². The highest BCUT2D eigenvalue weighted by Gasteiger charge is 2.33. The molecule has 0 bridgehead atoms. The summed E-state index contributed by atoms with van der Waals surface area (Å²) in [4.78, 5) is 0. The largest absolute Gasteiger partial charge is 0.573 e. The van der Waals surface area contributed by atoms with Crippen molar-refractivity contribution in [3.05, 3.63) is 48.0 Å². The number of ether oxygens (including phenoxy) is 2. The Bertz CT molecular complexity index is 685. The predicted molar refractivity (Wildman–Crippen MR) is 87.8 cm³/mol. The summed E-state index contributed by atoms with van der Waals surface area (Å²) < 4.78 is 47.6. The molecule has 1 heterocycles. The first-order chi connectivity index (χ1) is 10.9. The third-order valence-corrected chi connectivity index (χ3v) is 3.59. The smallest absolute Gasteiger partial charge is 0.484 e. The van der Waals surface area contributed by atoms with E-state index in [2.05, 4.69) is 10.1 Å². The van der Waals surface area contributed by atoms with Crippen LogP contribution in [0.15, 0.2) is 42.5 Å². The van der Waals surface area contributed by atoms with E-state index in [1.54, 1.807) is 6.07 Å². The molecular formula is C17H17ClF3NO2. The second-order valence-electron chi connectivity index (χ2n) is 5.47. The van der Waals surface area contributed by atoms with Crippen LogP contribution in [-0.4, -0.2) is 25.6 Å². The highest BCUT2D eigenvalue weighted by atomic mass is 35.5. The van der Waals surface area contributed by atoms with Crippen molar-refractivity contribution < 1.29 is 22.6 Å². The van der Waals surface area contributed by atoms with Crippen molar-refractivity contribution >= 4 is 12.4 Å². The van der Waals surface area contributed by atoms with Gasteiger partial charge in [0.25, 0.3) is 0 Å². The number of hydrogen-bond acceptors (Lipinski definition) is 3. The van der Waals surface area contributed by atoms with Crippen LogP contribution >= 0.6 is 12.4 Å². The van der Waals surface area contributed by atoms with E-state index < -0.39 is 6.36 Å². The summed E-state index contributed by atoms with van der Waals surface area (Å²) in [6.45, 7) is 3.18. The zero-order valence-electron chi connectivity index (χ0n) is 12.9. The van der Waals surface area contributed by atoms with Crippen LogP contribution in [0.1, 0.15) is 5.56 Å². The van der Waals surface area contributed by atoms with Gasteiger partial charge in [-0.3, -0.25) is 0 Å². The Labute approximate surface area is 144 Å². The summed E-state index contributed by atoms with van der Waals surface area (Å²) >= 11 is 0. The van der Waals surface area contributed by atoms with Crippen molar-refractivity contribution in [2.24, 2.45) is 0 Å². The van der Waals surface area contributed by atoms with E-state index >= 15 is 0 Å². The fraction of sp³-hybridized carbons (Fsp3) is 0.294. The number of benzene rings is 2. The molecule has 0 unspecified atom stereocenters. The van der Waals surface area contributed by atoms with Gasteiger partial charge in [0, 0.05) is 13.1 Å². The third kappa shape index (κ3) is 4.55. The molecule has 1 N–H and O–H groups in total. The van der Waals surface area contributed by atoms with Crippen LogP contribution in [-0.2, 0) is 0 Å². The van der Waals surface area contributed by atoms with Gasteiger partial charge in [-0.15, -0.1) is 25.6 Å². The molecule has 3 rings (SSSR count). The lowest BCUT2D eigenvalue weighted by Crippen LogP contribution is -2.50. The van der Waals surface area contributed by atoms with Gasteiger partial charge in [-0.25, -0.2) is 0 Å². The van der Waals surface area contributed by atoms with Gasteiger partial charge in [0.15, 0.2) is 11.5 Å². The van der Waals surface area contributed by atoms with E-state index in [-0.39, 0.29) is 30.0 Å². The second-order valence-corrected chi connectivity index (χ2v) is 5.47. The van der Waals surface area contributed by atoms with Crippen LogP contribution < -0.4 is 14.8 Å². The van der Waals surface area contributed by atoms with Gasteiger partial charge in [0.1, 0.15) is 6.10 Å². The number of halogens is 4. The fourth-order valence-corrected chi connectivity index (χ4v) is 2.26. The maximum absolute atomic E-state index is 12.7. The molecule has 0 atom stereocenters. The maximum atomic E-state index is 12.7. The molecule has 0 aliphatic carbocycles. The molecule has 2 aromatic carbocycles. The van der Waals surface area contributed by atoms with Crippen molar-refractivity contribution in [1.29, 1.82) is 0 Å². The average molecular weight is 360 g/mol. The summed E-state index contributed by atoms with van der Waals surface area (Å²) in [5, 5.41) is 3.00. The summed E-state index contributed by atoms with van der Waals surface area (Å²) in [6, 6.07) is 12.1. The molecule has 0 aromatic heterocycles. The molecule has 1 aliphatic heterocycles. The molecule has 3 nitrogen and oxygen atoms in total. The number of rotatable bonds is 4. The minimum Gasteiger partial charge on any atom is -0.484 e. The van der Waals surface area contributed by atoms with Gasteiger partial charge >= 0.3 is 6.36 Å². The molecular weight excluding hydrogens is 343 g/mol. The van der Waals surface area contributed by atoms with Crippen molar-refractivity contribution in [3.8, 4) is 22.6 Å². The van der Waals surface area contributed by atoms with Gasteiger partial charge in [-0.2, -0.15) is 0 Å².